The third kappa shape index (κ3) is 3.75. The van der Waals surface area contributed by atoms with E-state index in [1.165, 1.54) is 5.56 Å². The molecule has 0 atom stereocenters. The summed E-state index contributed by atoms with van der Waals surface area (Å²) in [7, 11) is 7.23. The SMILES string of the molecule is COc1cc2nc(N(C)C)cc(C)c2cc1OC.O=CO. The Morgan fingerprint density at radius 1 is 1.14 bits per heavy atom. The molecule has 0 aliphatic rings. The number of aryl methyl sites for hydroxylation is 1. The lowest BCUT2D eigenvalue weighted by molar-refractivity contribution is -0.122. The normalized spacial score (nSPS) is 9.57. The van der Waals surface area contributed by atoms with Crippen molar-refractivity contribution in [1.29, 1.82) is 0 Å². The van der Waals surface area contributed by atoms with Gasteiger partial charge in [-0.3, -0.25) is 4.79 Å². The second kappa shape index (κ2) is 7.33. The van der Waals surface area contributed by atoms with Gasteiger partial charge in [-0.05, 0) is 24.6 Å². The molecule has 1 N–H and O–H groups in total. The quantitative estimate of drug-likeness (QED) is 0.875. The van der Waals surface area contributed by atoms with Crippen molar-refractivity contribution in [3.63, 3.8) is 0 Å². The van der Waals surface area contributed by atoms with E-state index in [0.717, 1.165) is 22.5 Å². The Labute approximate surface area is 123 Å². The van der Waals surface area contributed by atoms with Crippen LogP contribution >= 0.6 is 0 Å². The highest BCUT2D eigenvalue weighted by Crippen LogP contribution is 2.33. The van der Waals surface area contributed by atoms with E-state index in [1.807, 2.05) is 31.1 Å². The topological polar surface area (TPSA) is 71.9 Å². The lowest BCUT2D eigenvalue weighted by Crippen LogP contribution is -2.10. The van der Waals surface area contributed by atoms with Gasteiger partial charge in [-0.2, -0.15) is 0 Å². The van der Waals surface area contributed by atoms with Crippen molar-refractivity contribution in [2.75, 3.05) is 33.2 Å². The molecule has 0 bridgehead atoms. The summed E-state index contributed by atoms with van der Waals surface area (Å²) < 4.78 is 10.6. The monoisotopic (exact) mass is 292 g/mol. The molecule has 0 aliphatic heterocycles. The molecule has 0 aliphatic carbocycles. The van der Waals surface area contributed by atoms with E-state index in [-0.39, 0.29) is 6.47 Å². The molecule has 0 saturated heterocycles. The predicted molar refractivity (Wildman–Crippen MR) is 82.6 cm³/mol. The molecule has 0 radical (unpaired) electrons. The smallest absolute Gasteiger partial charge is 0.290 e. The van der Waals surface area contributed by atoms with Crippen LogP contribution in [0.15, 0.2) is 18.2 Å². The van der Waals surface area contributed by atoms with Gasteiger partial charge in [0.2, 0.25) is 0 Å². The van der Waals surface area contributed by atoms with Crippen LogP contribution < -0.4 is 14.4 Å². The Hall–Kier alpha value is -2.50. The molecule has 0 amide bonds. The van der Waals surface area contributed by atoms with Crippen molar-refractivity contribution < 1.29 is 19.4 Å². The van der Waals surface area contributed by atoms with Crippen molar-refractivity contribution in [3.8, 4) is 11.5 Å². The van der Waals surface area contributed by atoms with E-state index in [2.05, 4.69) is 18.0 Å². The van der Waals surface area contributed by atoms with Crippen molar-refractivity contribution in [1.82, 2.24) is 4.98 Å². The molecule has 6 nitrogen and oxygen atoms in total. The van der Waals surface area contributed by atoms with Crippen molar-refractivity contribution in [3.05, 3.63) is 23.8 Å². The number of aromatic nitrogens is 1. The molecule has 21 heavy (non-hydrogen) atoms. The summed E-state index contributed by atoms with van der Waals surface area (Å²) in [6.45, 7) is 1.82. The third-order valence-electron chi connectivity index (χ3n) is 2.97. The maximum Gasteiger partial charge on any atom is 0.290 e. The summed E-state index contributed by atoms with van der Waals surface area (Å²) in [6, 6.07) is 5.94. The van der Waals surface area contributed by atoms with Crippen LogP contribution in [0.1, 0.15) is 5.56 Å². The van der Waals surface area contributed by atoms with E-state index in [9.17, 15) is 0 Å². The Bertz CT molecular complexity index is 627. The van der Waals surface area contributed by atoms with Gasteiger partial charge in [0.1, 0.15) is 5.82 Å². The predicted octanol–water partition coefficient (Wildman–Crippen LogP) is 2.33. The number of carbonyl (C=O) groups is 1. The maximum absolute atomic E-state index is 8.36. The van der Waals surface area contributed by atoms with Gasteiger partial charge in [0, 0.05) is 25.5 Å². The molecular formula is C15H20N2O4. The van der Waals surface area contributed by atoms with Crippen LogP contribution in [0.3, 0.4) is 0 Å². The Morgan fingerprint density at radius 2 is 1.67 bits per heavy atom. The van der Waals surface area contributed by atoms with Crippen LogP contribution in [0.25, 0.3) is 10.9 Å². The number of hydrogen-bond acceptors (Lipinski definition) is 5. The number of anilines is 1. The van der Waals surface area contributed by atoms with Gasteiger partial charge in [-0.15, -0.1) is 0 Å². The minimum atomic E-state index is -0.250. The molecule has 0 spiro atoms. The van der Waals surface area contributed by atoms with Crippen molar-refractivity contribution in [2.24, 2.45) is 0 Å². The first-order valence-electron chi connectivity index (χ1n) is 6.27. The van der Waals surface area contributed by atoms with Gasteiger partial charge in [-0.1, -0.05) is 0 Å². The summed E-state index contributed by atoms with van der Waals surface area (Å²) in [5.41, 5.74) is 2.08. The van der Waals surface area contributed by atoms with Gasteiger partial charge in [0.15, 0.2) is 11.5 Å². The number of pyridine rings is 1. The Morgan fingerprint density at radius 3 is 2.14 bits per heavy atom. The van der Waals surface area contributed by atoms with E-state index in [0.29, 0.717) is 5.75 Å². The molecule has 1 aromatic heterocycles. The van der Waals surface area contributed by atoms with E-state index < -0.39 is 0 Å². The van der Waals surface area contributed by atoms with Gasteiger partial charge >= 0.3 is 0 Å². The summed E-state index contributed by atoms with van der Waals surface area (Å²) in [4.78, 5) is 15.0. The largest absolute Gasteiger partial charge is 0.493 e. The van der Waals surface area contributed by atoms with E-state index >= 15 is 0 Å². The first-order valence-corrected chi connectivity index (χ1v) is 6.27. The van der Waals surface area contributed by atoms with Gasteiger partial charge in [0.05, 0.1) is 19.7 Å². The lowest BCUT2D eigenvalue weighted by Gasteiger charge is -2.15. The second-order valence-electron chi connectivity index (χ2n) is 4.52. The number of fused-ring (bicyclic) bond motifs is 1. The zero-order chi connectivity index (χ0) is 16.0. The van der Waals surface area contributed by atoms with Gasteiger partial charge in [-0.25, -0.2) is 4.98 Å². The third-order valence-corrected chi connectivity index (χ3v) is 2.97. The fourth-order valence-corrected chi connectivity index (χ4v) is 1.93. The minimum absolute atomic E-state index is 0.250. The van der Waals surface area contributed by atoms with Crippen LogP contribution in [-0.4, -0.2) is 44.9 Å². The zero-order valence-electron chi connectivity index (χ0n) is 12.9. The first-order chi connectivity index (χ1) is 9.98. The molecule has 0 fully saturated rings. The number of methoxy groups -OCH3 is 2. The first kappa shape index (κ1) is 16.6. The average Bonchev–Trinajstić information content (AvgIpc) is 2.46. The van der Waals surface area contributed by atoms with Crippen LogP contribution in [-0.2, 0) is 4.79 Å². The standard InChI is InChI=1S/C14H18N2O2.CH2O2/c1-9-6-14(16(2)3)15-11-8-13(18-5)12(17-4)7-10(9)11;2-1-3/h6-8H,1-5H3;1H,(H,2,3). The summed E-state index contributed by atoms with van der Waals surface area (Å²) in [5.74, 6) is 2.37. The number of benzene rings is 1. The zero-order valence-corrected chi connectivity index (χ0v) is 12.9. The van der Waals surface area contributed by atoms with E-state index in [1.54, 1.807) is 14.2 Å². The number of rotatable bonds is 3. The number of hydrogen-bond donors (Lipinski definition) is 1. The number of nitrogens with zero attached hydrogens (tertiary/aromatic N) is 2. The lowest BCUT2D eigenvalue weighted by atomic mass is 10.1. The average molecular weight is 292 g/mol. The fourth-order valence-electron chi connectivity index (χ4n) is 1.93. The molecule has 0 unspecified atom stereocenters. The van der Waals surface area contributed by atoms with Crippen molar-refractivity contribution in [2.45, 2.75) is 6.92 Å². The number of carboxylic acid groups (broad SMARTS) is 1. The molecule has 0 saturated carbocycles. The maximum atomic E-state index is 8.36. The molecule has 6 heteroatoms. The fraction of sp³-hybridized carbons (Fsp3) is 0.333. The highest BCUT2D eigenvalue weighted by molar-refractivity contribution is 5.87. The highest BCUT2D eigenvalue weighted by atomic mass is 16.5. The Balaban J connectivity index is 0.000000677. The van der Waals surface area contributed by atoms with Crippen LogP contribution in [0.4, 0.5) is 5.82 Å². The van der Waals surface area contributed by atoms with Crippen LogP contribution in [0.5, 0.6) is 11.5 Å². The highest BCUT2D eigenvalue weighted by Gasteiger charge is 2.10. The van der Waals surface area contributed by atoms with Gasteiger partial charge < -0.3 is 19.5 Å². The summed E-state index contributed by atoms with van der Waals surface area (Å²) in [5, 5.41) is 7.97. The molecule has 114 valence electrons. The molecule has 1 aromatic carbocycles. The van der Waals surface area contributed by atoms with Crippen LogP contribution in [0.2, 0.25) is 0 Å². The summed E-state index contributed by atoms with van der Waals surface area (Å²) >= 11 is 0. The number of ether oxygens (including phenoxy) is 2. The van der Waals surface area contributed by atoms with E-state index in [4.69, 9.17) is 19.4 Å². The molecule has 2 rings (SSSR count). The second-order valence-corrected chi connectivity index (χ2v) is 4.52. The minimum Gasteiger partial charge on any atom is -0.493 e. The van der Waals surface area contributed by atoms with Crippen LogP contribution in [0, 0.1) is 6.92 Å². The molecule has 1 heterocycles. The Kier molecular flexibility index (Phi) is 5.78. The van der Waals surface area contributed by atoms with Gasteiger partial charge in [0.25, 0.3) is 6.47 Å². The summed E-state index contributed by atoms with van der Waals surface area (Å²) in [6.07, 6.45) is 0. The van der Waals surface area contributed by atoms with Crippen molar-refractivity contribution >= 4 is 23.2 Å². The molecule has 2 aromatic rings. The molecular weight excluding hydrogens is 272 g/mol.